The number of ether oxygens (including phenoxy) is 1. The van der Waals surface area contributed by atoms with Crippen LogP contribution in [0.2, 0.25) is 0 Å². The zero-order chi connectivity index (χ0) is 22.4. The van der Waals surface area contributed by atoms with Crippen molar-refractivity contribution in [2.45, 2.75) is 78.3 Å². The van der Waals surface area contributed by atoms with Gasteiger partial charge in [0.1, 0.15) is 0 Å². The van der Waals surface area contributed by atoms with Gasteiger partial charge in [-0.25, -0.2) is 0 Å². The Balaban J connectivity index is 1.63. The van der Waals surface area contributed by atoms with E-state index in [1.54, 1.807) is 7.11 Å². The number of hydrogen-bond donors (Lipinski definition) is 0. The van der Waals surface area contributed by atoms with Crippen LogP contribution >= 0.6 is 0 Å². The predicted molar refractivity (Wildman–Crippen MR) is 125 cm³/mol. The highest BCUT2D eigenvalue weighted by Crippen LogP contribution is 2.31. The monoisotopic (exact) mass is 430 g/mol. The number of rotatable bonds is 10. The molecule has 3 heterocycles. The number of carbonyl (C=O) groups excluding carboxylic acids is 1. The molecule has 1 aromatic rings. The van der Waals surface area contributed by atoms with Gasteiger partial charge in [-0.2, -0.15) is 5.10 Å². The molecule has 2 atom stereocenters. The van der Waals surface area contributed by atoms with Crippen molar-refractivity contribution < 1.29 is 9.53 Å². The van der Waals surface area contributed by atoms with Crippen LogP contribution in [0.5, 0.6) is 0 Å². The second-order valence-electron chi connectivity index (χ2n) is 9.60. The lowest BCUT2D eigenvalue weighted by atomic mass is 9.83. The molecule has 2 saturated heterocycles. The summed E-state index contributed by atoms with van der Waals surface area (Å²) >= 11 is 0. The minimum atomic E-state index is 0.247. The Labute approximate surface area is 188 Å². The van der Waals surface area contributed by atoms with Crippen molar-refractivity contribution in [2.24, 2.45) is 5.92 Å². The van der Waals surface area contributed by atoms with Gasteiger partial charge < -0.3 is 14.5 Å². The fourth-order valence-electron chi connectivity index (χ4n) is 5.49. The summed E-state index contributed by atoms with van der Waals surface area (Å²) in [6, 6.07) is 0.658. The van der Waals surface area contributed by atoms with E-state index in [2.05, 4.69) is 28.4 Å². The SMILES string of the molecule is C=C(C)Cn1nc(C)c(CCC(=O)N(CCOC)CC2CCCN3CCCCC23)c1C. The molecule has 3 rings (SSSR count). The summed E-state index contributed by atoms with van der Waals surface area (Å²) in [5.74, 6) is 0.841. The lowest BCUT2D eigenvalue weighted by Crippen LogP contribution is -2.52. The van der Waals surface area contributed by atoms with Crippen LogP contribution in [0.4, 0.5) is 0 Å². The zero-order valence-corrected chi connectivity index (χ0v) is 20.2. The van der Waals surface area contributed by atoms with Crippen molar-refractivity contribution in [1.82, 2.24) is 19.6 Å². The van der Waals surface area contributed by atoms with Crippen molar-refractivity contribution in [3.63, 3.8) is 0 Å². The largest absolute Gasteiger partial charge is 0.383 e. The molecule has 1 aromatic heterocycles. The number of nitrogens with zero attached hydrogens (tertiary/aromatic N) is 4. The lowest BCUT2D eigenvalue weighted by molar-refractivity contribution is -0.133. The van der Waals surface area contributed by atoms with E-state index in [1.807, 2.05) is 18.5 Å². The highest BCUT2D eigenvalue weighted by atomic mass is 16.5. The van der Waals surface area contributed by atoms with Crippen molar-refractivity contribution in [3.05, 3.63) is 29.1 Å². The summed E-state index contributed by atoms with van der Waals surface area (Å²) in [5.41, 5.74) is 4.47. The first-order valence-corrected chi connectivity index (χ1v) is 12.1. The minimum Gasteiger partial charge on any atom is -0.383 e. The minimum absolute atomic E-state index is 0.247. The molecule has 2 fully saturated rings. The van der Waals surface area contributed by atoms with E-state index in [1.165, 1.54) is 50.8 Å². The molecule has 2 aliphatic heterocycles. The van der Waals surface area contributed by atoms with Crippen LogP contribution in [0.25, 0.3) is 0 Å². The maximum atomic E-state index is 13.3. The number of methoxy groups -OCH3 is 1. The average Bonchev–Trinajstić information content (AvgIpc) is 3.01. The van der Waals surface area contributed by atoms with E-state index in [0.717, 1.165) is 36.5 Å². The van der Waals surface area contributed by atoms with Gasteiger partial charge in [0, 0.05) is 38.4 Å². The summed E-state index contributed by atoms with van der Waals surface area (Å²) in [4.78, 5) is 18.0. The smallest absolute Gasteiger partial charge is 0.222 e. The zero-order valence-electron chi connectivity index (χ0n) is 20.2. The lowest BCUT2D eigenvalue weighted by Gasteiger charge is -2.45. The van der Waals surface area contributed by atoms with Crippen LogP contribution in [-0.4, -0.2) is 71.4 Å². The van der Waals surface area contributed by atoms with Crippen LogP contribution in [0.1, 0.15) is 62.4 Å². The third-order valence-corrected chi connectivity index (χ3v) is 7.14. The Bertz CT molecular complexity index is 755. The van der Waals surface area contributed by atoms with Gasteiger partial charge in [-0.05, 0) is 77.4 Å². The summed E-state index contributed by atoms with van der Waals surface area (Å²) < 4.78 is 7.35. The van der Waals surface area contributed by atoms with Crippen molar-refractivity contribution in [2.75, 3.05) is 39.9 Å². The molecule has 0 radical (unpaired) electrons. The molecule has 0 N–H and O–H groups in total. The highest BCUT2D eigenvalue weighted by molar-refractivity contribution is 5.76. The van der Waals surface area contributed by atoms with Crippen LogP contribution in [0.3, 0.4) is 0 Å². The molecular weight excluding hydrogens is 388 g/mol. The van der Waals surface area contributed by atoms with Gasteiger partial charge in [0.25, 0.3) is 0 Å². The molecule has 6 nitrogen and oxygen atoms in total. The van der Waals surface area contributed by atoms with Crippen molar-refractivity contribution >= 4 is 5.91 Å². The van der Waals surface area contributed by atoms with Gasteiger partial charge >= 0.3 is 0 Å². The number of aromatic nitrogens is 2. The first kappa shape index (κ1) is 24.0. The van der Waals surface area contributed by atoms with Crippen LogP contribution < -0.4 is 0 Å². The molecule has 0 bridgehead atoms. The number of carbonyl (C=O) groups is 1. The molecule has 0 spiro atoms. The Hall–Kier alpha value is -1.66. The second kappa shape index (κ2) is 11.3. The first-order valence-electron chi connectivity index (χ1n) is 12.1. The summed E-state index contributed by atoms with van der Waals surface area (Å²) in [6.07, 6.45) is 7.72. The average molecular weight is 431 g/mol. The maximum Gasteiger partial charge on any atom is 0.222 e. The Morgan fingerprint density at radius 2 is 2.00 bits per heavy atom. The number of allylic oxidation sites excluding steroid dienone is 1. The molecule has 0 aromatic carbocycles. The normalized spacial score (nSPS) is 21.7. The van der Waals surface area contributed by atoms with Crippen LogP contribution in [-0.2, 0) is 22.5 Å². The van der Waals surface area contributed by atoms with E-state index in [4.69, 9.17) is 4.74 Å². The van der Waals surface area contributed by atoms with Crippen LogP contribution in [0, 0.1) is 19.8 Å². The standard InChI is InChI=1S/C25H42N4O2/c1-19(2)17-29-21(4)23(20(3)26-29)11-12-25(30)28(15-16-31-5)18-22-9-8-14-27-13-7-6-10-24(22)27/h22,24H,1,6-18H2,2-5H3. The van der Waals surface area contributed by atoms with E-state index >= 15 is 0 Å². The molecular formula is C25H42N4O2. The quantitative estimate of drug-likeness (QED) is 0.531. The number of fused-ring (bicyclic) bond motifs is 1. The fraction of sp³-hybridized carbons (Fsp3) is 0.760. The highest BCUT2D eigenvalue weighted by Gasteiger charge is 2.34. The molecule has 1 amide bonds. The van der Waals surface area contributed by atoms with Gasteiger partial charge in [0.2, 0.25) is 5.91 Å². The number of hydrogen-bond acceptors (Lipinski definition) is 4. The Kier molecular flexibility index (Phi) is 8.73. The maximum absolute atomic E-state index is 13.3. The second-order valence-corrected chi connectivity index (χ2v) is 9.60. The van der Waals surface area contributed by atoms with Crippen molar-refractivity contribution in [1.29, 1.82) is 0 Å². The fourth-order valence-corrected chi connectivity index (χ4v) is 5.49. The van der Waals surface area contributed by atoms with Gasteiger partial charge in [0.05, 0.1) is 18.8 Å². The van der Waals surface area contributed by atoms with Gasteiger partial charge in [-0.15, -0.1) is 0 Å². The third kappa shape index (κ3) is 6.19. The molecule has 0 saturated carbocycles. The molecule has 0 aliphatic carbocycles. The van der Waals surface area contributed by atoms with Crippen molar-refractivity contribution in [3.8, 4) is 0 Å². The predicted octanol–water partition coefficient (Wildman–Crippen LogP) is 3.75. The van der Waals surface area contributed by atoms with E-state index in [9.17, 15) is 4.79 Å². The molecule has 6 heteroatoms. The van der Waals surface area contributed by atoms with E-state index < -0.39 is 0 Å². The van der Waals surface area contributed by atoms with E-state index in [-0.39, 0.29) is 5.91 Å². The number of piperidine rings is 2. The summed E-state index contributed by atoms with van der Waals surface area (Å²) in [6.45, 7) is 15.5. The topological polar surface area (TPSA) is 50.6 Å². The number of amides is 1. The molecule has 2 aliphatic rings. The molecule has 31 heavy (non-hydrogen) atoms. The molecule has 174 valence electrons. The van der Waals surface area contributed by atoms with Crippen LogP contribution in [0.15, 0.2) is 12.2 Å². The third-order valence-electron chi connectivity index (χ3n) is 7.14. The number of aryl methyl sites for hydroxylation is 1. The molecule has 2 unspecified atom stereocenters. The summed E-state index contributed by atoms with van der Waals surface area (Å²) in [7, 11) is 1.72. The summed E-state index contributed by atoms with van der Waals surface area (Å²) in [5, 5.41) is 4.67. The van der Waals surface area contributed by atoms with Gasteiger partial charge in [0.15, 0.2) is 0 Å². The first-order chi connectivity index (χ1) is 14.9. The van der Waals surface area contributed by atoms with Gasteiger partial charge in [-0.1, -0.05) is 18.6 Å². The van der Waals surface area contributed by atoms with E-state index in [0.29, 0.717) is 31.5 Å². The Morgan fingerprint density at radius 3 is 2.74 bits per heavy atom. The van der Waals surface area contributed by atoms with Gasteiger partial charge in [-0.3, -0.25) is 9.48 Å². The Morgan fingerprint density at radius 1 is 1.23 bits per heavy atom.